The fourth-order valence-electron chi connectivity index (χ4n) is 5.36. The first kappa shape index (κ1) is 32.9. The number of nitrogens with one attached hydrogen (secondary N) is 1. The molecule has 0 spiro atoms. The first-order valence-corrected chi connectivity index (χ1v) is 13.9. The Morgan fingerprint density at radius 2 is 1.60 bits per heavy atom. The van der Waals surface area contributed by atoms with E-state index in [-0.39, 0.29) is 34.5 Å². The van der Waals surface area contributed by atoms with Crippen LogP contribution < -0.4 is 5.32 Å². The minimum absolute atomic E-state index is 0.0297. The van der Waals surface area contributed by atoms with Gasteiger partial charge in [-0.25, -0.2) is 9.59 Å². The smallest absolute Gasteiger partial charge is 0.416 e. The number of nitro groups is 1. The molecular weight excluding hydrogens is 591 g/mol. The summed E-state index contributed by atoms with van der Waals surface area (Å²) in [4.78, 5) is 39.9. The van der Waals surface area contributed by atoms with Gasteiger partial charge in [0.15, 0.2) is 0 Å². The van der Waals surface area contributed by atoms with Crippen LogP contribution in [0, 0.1) is 10.1 Å². The third kappa shape index (κ3) is 7.76. The molecular formula is C33H32F3N3O6. The van der Waals surface area contributed by atoms with Crippen LogP contribution >= 0.6 is 0 Å². The highest BCUT2D eigenvalue weighted by Gasteiger charge is 2.39. The minimum Gasteiger partial charge on any atom is -0.466 e. The SMILES string of the molecule is COC(=O)C1=C(C)NC(C)=C(C(=O)OC(CN(C)Cc2ccccc2)c2cccc(C(F)(F)F)c2)C1c1cccc([N+](=O)[O-])c1. The zero-order valence-electron chi connectivity index (χ0n) is 25.1. The van der Waals surface area contributed by atoms with Gasteiger partial charge in [0.2, 0.25) is 0 Å². The lowest BCUT2D eigenvalue weighted by atomic mass is 9.80. The number of rotatable bonds is 10. The highest BCUT2D eigenvalue weighted by Crippen LogP contribution is 2.41. The molecule has 3 aromatic carbocycles. The number of benzene rings is 3. The lowest BCUT2D eigenvalue weighted by Crippen LogP contribution is -2.34. The van der Waals surface area contributed by atoms with Crippen LogP contribution in [0.4, 0.5) is 18.9 Å². The fraction of sp³-hybridized carbons (Fsp3) is 0.273. The zero-order chi connectivity index (χ0) is 32.9. The maximum absolute atomic E-state index is 14.1. The number of nitro benzene ring substituents is 1. The van der Waals surface area contributed by atoms with E-state index >= 15 is 0 Å². The van der Waals surface area contributed by atoms with Crippen LogP contribution in [0.25, 0.3) is 0 Å². The Bertz CT molecular complexity index is 1650. The van der Waals surface area contributed by atoms with Gasteiger partial charge in [0, 0.05) is 36.6 Å². The summed E-state index contributed by atoms with van der Waals surface area (Å²) < 4.78 is 52.0. The molecule has 2 unspecified atom stereocenters. The van der Waals surface area contributed by atoms with Gasteiger partial charge in [0.1, 0.15) is 6.10 Å². The Labute approximate surface area is 258 Å². The van der Waals surface area contributed by atoms with Crippen molar-refractivity contribution in [1.29, 1.82) is 0 Å². The van der Waals surface area contributed by atoms with Gasteiger partial charge in [0.25, 0.3) is 5.69 Å². The van der Waals surface area contributed by atoms with Crippen molar-refractivity contribution in [3.05, 3.63) is 134 Å². The molecule has 0 saturated carbocycles. The fourth-order valence-corrected chi connectivity index (χ4v) is 5.36. The largest absolute Gasteiger partial charge is 0.466 e. The number of dihydropyridines is 1. The molecule has 0 radical (unpaired) electrons. The third-order valence-corrected chi connectivity index (χ3v) is 7.41. The first-order valence-electron chi connectivity index (χ1n) is 13.9. The van der Waals surface area contributed by atoms with E-state index < -0.39 is 40.6 Å². The number of non-ortho nitro benzene ring substituents is 1. The van der Waals surface area contributed by atoms with Gasteiger partial charge in [-0.2, -0.15) is 13.2 Å². The molecule has 1 heterocycles. The van der Waals surface area contributed by atoms with Crippen LogP contribution in [0.2, 0.25) is 0 Å². The molecule has 0 amide bonds. The number of alkyl halides is 3. The summed E-state index contributed by atoms with van der Waals surface area (Å²) in [6.45, 7) is 3.63. The second kappa shape index (κ2) is 13.8. The van der Waals surface area contributed by atoms with E-state index in [4.69, 9.17) is 9.47 Å². The summed E-state index contributed by atoms with van der Waals surface area (Å²) in [5.74, 6) is -2.82. The van der Waals surface area contributed by atoms with Crippen molar-refractivity contribution in [1.82, 2.24) is 10.2 Å². The Hall–Kier alpha value is -4.97. The van der Waals surface area contributed by atoms with E-state index in [2.05, 4.69) is 5.32 Å². The maximum atomic E-state index is 14.1. The first-order chi connectivity index (χ1) is 21.3. The lowest BCUT2D eigenvalue weighted by molar-refractivity contribution is -0.384. The summed E-state index contributed by atoms with van der Waals surface area (Å²) in [6, 6.07) is 19.5. The number of allylic oxidation sites excluding steroid dienone is 2. The van der Waals surface area contributed by atoms with E-state index in [9.17, 15) is 32.9 Å². The minimum atomic E-state index is -4.63. The quantitative estimate of drug-likeness (QED) is 0.156. The number of ether oxygens (including phenoxy) is 2. The summed E-state index contributed by atoms with van der Waals surface area (Å²) in [7, 11) is 2.92. The molecule has 4 rings (SSSR count). The molecule has 45 heavy (non-hydrogen) atoms. The summed E-state index contributed by atoms with van der Waals surface area (Å²) in [5, 5.41) is 14.6. The Morgan fingerprint density at radius 1 is 0.956 bits per heavy atom. The van der Waals surface area contributed by atoms with Gasteiger partial charge in [-0.3, -0.25) is 15.0 Å². The number of nitrogens with zero attached hydrogens (tertiary/aromatic N) is 2. The van der Waals surface area contributed by atoms with Crippen LogP contribution in [0.3, 0.4) is 0 Å². The molecule has 0 fully saturated rings. The number of hydrogen-bond donors (Lipinski definition) is 1. The van der Waals surface area contributed by atoms with Crippen molar-refractivity contribution in [3.63, 3.8) is 0 Å². The zero-order valence-corrected chi connectivity index (χ0v) is 25.1. The van der Waals surface area contributed by atoms with Gasteiger partial charge in [-0.05, 0) is 49.7 Å². The van der Waals surface area contributed by atoms with E-state index in [1.807, 2.05) is 35.2 Å². The van der Waals surface area contributed by atoms with Crippen molar-refractivity contribution in [2.75, 3.05) is 20.7 Å². The number of carbonyl (C=O) groups is 2. The number of halogens is 3. The molecule has 12 heteroatoms. The summed E-state index contributed by atoms with van der Waals surface area (Å²) in [5.41, 5.74) is 0.826. The van der Waals surface area contributed by atoms with Crippen LogP contribution in [0.15, 0.2) is 101 Å². The number of likely N-dealkylation sites (N-methyl/N-ethyl adjacent to an activating group) is 1. The van der Waals surface area contributed by atoms with E-state index in [1.165, 1.54) is 43.5 Å². The second-order valence-corrected chi connectivity index (χ2v) is 10.7. The van der Waals surface area contributed by atoms with Crippen LogP contribution in [0.1, 0.15) is 48.1 Å². The van der Waals surface area contributed by atoms with E-state index in [0.717, 1.165) is 17.7 Å². The second-order valence-electron chi connectivity index (χ2n) is 10.7. The Balaban J connectivity index is 1.77. The average molecular weight is 624 g/mol. The topological polar surface area (TPSA) is 111 Å². The Morgan fingerprint density at radius 3 is 2.22 bits per heavy atom. The van der Waals surface area contributed by atoms with Gasteiger partial charge in [0.05, 0.1) is 34.7 Å². The Kier molecular flexibility index (Phi) is 10.1. The highest BCUT2D eigenvalue weighted by molar-refractivity contribution is 6.00. The average Bonchev–Trinajstić information content (AvgIpc) is 3.00. The molecule has 1 N–H and O–H groups in total. The molecule has 0 bridgehead atoms. The van der Waals surface area contributed by atoms with Crippen molar-refractivity contribution >= 4 is 17.6 Å². The van der Waals surface area contributed by atoms with Crippen LogP contribution in [-0.2, 0) is 31.8 Å². The summed E-state index contributed by atoms with van der Waals surface area (Å²) in [6.07, 6.45) is -5.79. The number of methoxy groups -OCH3 is 1. The standard InChI is InChI=1S/C33H32F3N3O6/c1-20-28(31(40)44-4)30(24-13-9-15-26(17-24)39(42)43)29(21(2)37-20)32(41)45-27(19-38(3)18-22-10-6-5-7-11-22)23-12-8-14-25(16-23)33(34,35)36/h5-17,27,30,37H,18-19H2,1-4H3. The predicted octanol–water partition coefficient (Wildman–Crippen LogP) is 6.44. The van der Waals surface area contributed by atoms with Crippen molar-refractivity contribution in [3.8, 4) is 0 Å². The van der Waals surface area contributed by atoms with Gasteiger partial charge >= 0.3 is 18.1 Å². The monoisotopic (exact) mass is 623 g/mol. The number of esters is 2. The molecule has 0 saturated heterocycles. The van der Waals surface area contributed by atoms with Crippen molar-refractivity contribution in [2.45, 2.75) is 38.6 Å². The number of carbonyl (C=O) groups excluding carboxylic acids is 2. The van der Waals surface area contributed by atoms with Crippen LogP contribution in [0.5, 0.6) is 0 Å². The van der Waals surface area contributed by atoms with Gasteiger partial charge in [-0.1, -0.05) is 54.6 Å². The van der Waals surface area contributed by atoms with Crippen molar-refractivity contribution in [2.24, 2.45) is 0 Å². The van der Waals surface area contributed by atoms with Crippen molar-refractivity contribution < 1.29 is 37.2 Å². The van der Waals surface area contributed by atoms with Gasteiger partial charge < -0.3 is 14.8 Å². The molecule has 1 aliphatic heterocycles. The lowest BCUT2D eigenvalue weighted by Gasteiger charge is -2.32. The molecule has 1 aliphatic rings. The molecule has 2 atom stereocenters. The number of hydrogen-bond acceptors (Lipinski definition) is 8. The highest BCUT2D eigenvalue weighted by atomic mass is 19.4. The predicted molar refractivity (Wildman–Crippen MR) is 159 cm³/mol. The molecule has 0 aromatic heterocycles. The summed E-state index contributed by atoms with van der Waals surface area (Å²) >= 11 is 0. The van der Waals surface area contributed by atoms with E-state index in [1.54, 1.807) is 20.9 Å². The van der Waals surface area contributed by atoms with E-state index in [0.29, 0.717) is 17.9 Å². The van der Waals surface area contributed by atoms with Crippen LogP contribution in [-0.4, -0.2) is 42.5 Å². The van der Waals surface area contributed by atoms with Gasteiger partial charge in [-0.15, -0.1) is 0 Å². The molecule has 3 aromatic rings. The normalized spacial score (nSPS) is 15.9. The molecule has 9 nitrogen and oxygen atoms in total. The molecule has 236 valence electrons. The molecule has 0 aliphatic carbocycles. The third-order valence-electron chi connectivity index (χ3n) is 7.41. The maximum Gasteiger partial charge on any atom is 0.416 e.